The minimum atomic E-state index is 0.384. The molecule has 1 aliphatic carbocycles. The van der Waals surface area contributed by atoms with E-state index in [2.05, 4.69) is 23.8 Å². The number of nitrogens with two attached hydrogens (primary N) is 1. The van der Waals surface area contributed by atoms with E-state index < -0.39 is 0 Å². The Hall–Kier alpha value is -1.16. The van der Waals surface area contributed by atoms with Gasteiger partial charge < -0.3 is 10.5 Å². The van der Waals surface area contributed by atoms with Crippen molar-refractivity contribution >= 4 is 0 Å². The molecule has 4 nitrogen and oxygen atoms in total. The Morgan fingerprint density at radius 3 is 2.68 bits per heavy atom. The summed E-state index contributed by atoms with van der Waals surface area (Å²) in [6.45, 7) is 5.33. The van der Waals surface area contributed by atoms with Crippen LogP contribution in [-0.4, -0.2) is 23.6 Å². The van der Waals surface area contributed by atoms with E-state index in [-0.39, 0.29) is 0 Å². The molecule has 3 unspecified atom stereocenters. The first-order chi connectivity index (χ1) is 9.17. The maximum Gasteiger partial charge on any atom is 0.235 e. The molecule has 3 atom stereocenters. The first-order valence-corrected chi connectivity index (χ1v) is 7.22. The molecule has 0 radical (unpaired) electrons. The number of hydrogen-bond acceptors (Lipinski definition) is 4. The molecular weight excluding hydrogens is 238 g/mol. The fraction of sp³-hybridized carbons (Fsp3) is 0.733. The van der Waals surface area contributed by atoms with Gasteiger partial charge in [0.05, 0.1) is 7.11 Å². The van der Waals surface area contributed by atoms with Crippen LogP contribution in [0.1, 0.15) is 44.7 Å². The maximum absolute atomic E-state index is 5.96. The predicted octanol–water partition coefficient (Wildman–Crippen LogP) is 2.60. The van der Waals surface area contributed by atoms with E-state index >= 15 is 0 Å². The molecule has 1 heterocycles. The van der Waals surface area contributed by atoms with Crippen molar-refractivity contribution in [2.45, 2.75) is 39.0 Å². The lowest BCUT2D eigenvalue weighted by molar-refractivity contribution is 0.191. The highest BCUT2D eigenvalue weighted by Crippen LogP contribution is 2.43. The monoisotopic (exact) mass is 263 g/mol. The topological polar surface area (TPSA) is 61.0 Å². The second-order valence-corrected chi connectivity index (χ2v) is 5.87. The minimum Gasteiger partial charge on any atom is -0.480 e. The fourth-order valence-corrected chi connectivity index (χ4v) is 3.24. The zero-order valence-corrected chi connectivity index (χ0v) is 12.2. The van der Waals surface area contributed by atoms with Crippen molar-refractivity contribution in [1.82, 2.24) is 9.97 Å². The molecule has 1 aromatic heterocycles. The molecule has 0 saturated heterocycles. The Balaban J connectivity index is 2.27. The van der Waals surface area contributed by atoms with Gasteiger partial charge in [-0.25, -0.2) is 4.98 Å². The molecule has 2 rings (SSSR count). The van der Waals surface area contributed by atoms with Gasteiger partial charge in [-0.3, -0.25) is 4.98 Å². The Morgan fingerprint density at radius 2 is 2.05 bits per heavy atom. The molecule has 0 spiro atoms. The van der Waals surface area contributed by atoms with Gasteiger partial charge in [-0.15, -0.1) is 0 Å². The third-order valence-corrected chi connectivity index (χ3v) is 4.52. The molecule has 0 aromatic carbocycles. The van der Waals surface area contributed by atoms with E-state index in [9.17, 15) is 0 Å². The van der Waals surface area contributed by atoms with Crippen molar-refractivity contribution in [3.05, 3.63) is 18.1 Å². The zero-order chi connectivity index (χ0) is 13.8. The van der Waals surface area contributed by atoms with Gasteiger partial charge in [0.15, 0.2) is 0 Å². The van der Waals surface area contributed by atoms with E-state index in [0.29, 0.717) is 23.6 Å². The number of rotatable bonds is 4. The summed E-state index contributed by atoms with van der Waals surface area (Å²) >= 11 is 0. The Morgan fingerprint density at radius 1 is 1.32 bits per heavy atom. The highest BCUT2D eigenvalue weighted by atomic mass is 16.5. The van der Waals surface area contributed by atoms with Crippen LogP contribution in [0.3, 0.4) is 0 Å². The molecule has 1 saturated carbocycles. The van der Waals surface area contributed by atoms with E-state index in [1.807, 2.05) is 0 Å². The van der Waals surface area contributed by atoms with E-state index in [0.717, 1.165) is 24.6 Å². The highest BCUT2D eigenvalue weighted by molar-refractivity contribution is 5.23. The third kappa shape index (κ3) is 3.06. The molecule has 0 aliphatic heterocycles. The van der Waals surface area contributed by atoms with Crippen LogP contribution >= 0.6 is 0 Å². The molecular formula is C15H25N3O. The molecule has 19 heavy (non-hydrogen) atoms. The maximum atomic E-state index is 5.96. The fourth-order valence-electron chi connectivity index (χ4n) is 3.24. The van der Waals surface area contributed by atoms with Crippen molar-refractivity contribution < 1.29 is 4.74 Å². The Labute approximate surface area is 115 Å². The van der Waals surface area contributed by atoms with Gasteiger partial charge in [-0.1, -0.05) is 13.8 Å². The van der Waals surface area contributed by atoms with E-state index in [1.54, 1.807) is 19.5 Å². The normalized spacial score (nSPS) is 27.5. The molecule has 2 N–H and O–H groups in total. The van der Waals surface area contributed by atoms with Gasteiger partial charge in [-0.05, 0) is 43.6 Å². The SMILES string of the molecule is COc1nccnc1C1CC(C(C)C)CCC1CN. The summed E-state index contributed by atoms with van der Waals surface area (Å²) < 4.78 is 5.37. The second-order valence-electron chi connectivity index (χ2n) is 5.87. The summed E-state index contributed by atoms with van der Waals surface area (Å²) in [6, 6.07) is 0. The van der Waals surface area contributed by atoms with Crippen LogP contribution in [0.5, 0.6) is 5.88 Å². The quantitative estimate of drug-likeness (QED) is 0.907. The molecule has 4 heteroatoms. The van der Waals surface area contributed by atoms with Crippen LogP contribution in [0.4, 0.5) is 0 Å². The van der Waals surface area contributed by atoms with Crippen molar-refractivity contribution in [2.75, 3.05) is 13.7 Å². The molecule has 106 valence electrons. The molecule has 1 fully saturated rings. The lowest BCUT2D eigenvalue weighted by Gasteiger charge is -2.37. The number of methoxy groups -OCH3 is 1. The van der Waals surface area contributed by atoms with Gasteiger partial charge in [0.1, 0.15) is 5.69 Å². The van der Waals surface area contributed by atoms with Crippen LogP contribution in [0.25, 0.3) is 0 Å². The summed E-state index contributed by atoms with van der Waals surface area (Å²) in [5.74, 6) is 3.01. The van der Waals surface area contributed by atoms with Crippen molar-refractivity contribution in [3.63, 3.8) is 0 Å². The van der Waals surface area contributed by atoms with Crippen LogP contribution < -0.4 is 10.5 Å². The molecule has 1 aromatic rings. The summed E-state index contributed by atoms with van der Waals surface area (Å²) in [4.78, 5) is 8.81. The van der Waals surface area contributed by atoms with E-state index in [1.165, 1.54) is 12.8 Å². The van der Waals surface area contributed by atoms with Crippen LogP contribution in [-0.2, 0) is 0 Å². The van der Waals surface area contributed by atoms with Crippen molar-refractivity contribution in [3.8, 4) is 5.88 Å². The number of aromatic nitrogens is 2. The number of ether oxygens (including phenoxy) is 1. The van der Waals surface area contributed by atoms with Gasteiger partial charge in [-0.2, -0.15) is 0 Å². The van der Waals surface area contributed by atoms with Gasteiger partial charge in [0.2, 0.25) is 5.88 Å². The summed E-state index contributed by atoms with van der Waals surface area (Å²) in [5, 5.41) is 0. The first kappa shape index (κ1) is 14.3. The first-order valence-electron chi connectivity index (χ1n) is 7.22. The van der Waals surface area contributed by atoms with Gasteiger partial charge >= 0.3 is 0 Å². The average Bonchev–Trinajstić information content (AvgIpc) is 2.46. The highest BCUT2D eigenvalue weighted by Gasteiger charge is 2.34. The lowest BCUT2D eigenvalue weighted by Crippen LogP contribution is -2.31. The van der Waals surface area contributed by atoms with E-state index in [4.69, 9.17) is 10.5 Å². The largest absolute Gasteiger partial charge is 0.480 e. The third-order valence-electron chi connectivity index (χ3n) is 4.52. The average molecular weight is 263 g/mol. The van der Waals surface area contributed by atoms with Gasteiger partial charge in [0, 0.05) is 18.3 Å². The summed E-state index contributed by atoms with van der Waals surface area (Å²) in [7, 11) is 1.66. The minimum absolute atomic E-state index is 0.384. The van der Waals surface area contributed by atoms with Crippen molar-refractivity contribution in [2.24, 2.45) is 23.5 Å². The lowest BCUT2D eigenvalue weighted by atomic mass is 9.69. The molecule has 0 bridgehead atoms. The summed E-state index contributed by atoms with van der Waals surface area (Å²) in [5.41, 5.74) is 6.95. The summed E-state index contributed by atoms with van der Waals surface area (Å²) in [6.07, 6.45) is 7.05. The van der Waals surface area contributed by atoms with Crippen molar-refractivity contribution in [1.29, 1.82) is 0 Å². The van der Waals surface area contributed by atoms with Crippen LogP contribution in [0, 0.1) is 17.8 Å². The standard InChI is InChI=1S/C15H25N3O/c1-10(2)11-4-5-12(9-16)13(8-11)14-15(19-3)18-7-6-17-14/h6-7,10-13H,4-5,8-9,16H2,1-3H3. The Bertz CT molecular complexity index is 408. The van der Waals surface area contributed by atoms with Crippen LogP contribution in [0.2, 0.25) is 0 Å². The smallest absolute Gasteiger partial charge is 0.235 e. The molecule has 0 amide bonds. The Kier molecular flexibility index (Phi) is 4.75. The van der Waals surface area contributed by atoms with Gasteiger partial charge in [0.25, 0.3) is 0 Å². The van der Waals surface area contributed by atoms with Crippen LogP contribution in [0.15, 0.2) is 12.4 Å². The predicted molar refractivity (Wildman–Crippen MR) is 76.0 cm³/mol. The number of nitrogens with zero attached hydrogens (tertiary/aromatic N) is 2. The second kappa shape index (κ2) is 6.33. The molecule has 1 aliphatic rings. The number of hydrogen-bond donors (Lipinski definition) is 1. The zero-order valence-electron chi connectivity index (χ0n) is 12.2.